The standard InChI is InChI=1S/C30H32N2O2S/c1-3-33-23-15-13-22(14-16-23)30-31-26(20(2)34-30)19-32-18-17-25-24-11-7-8-12-27(24)35-29(25)28(32)21-9-5-4-6-10-21/h4-6,9-10,13-16,28H,3,7-8,11-12,17-19H2,1-2H3/t28-/m1/s1. The highest BCUT2D eigenvalue weighted by Gasteiger charge is 2.34. The van der Waals surface area contributed by atoms with Gasteiger partial charge in [0, 0.05) is 28.4 Å². The van der Waals surface area contributed by atoms with E-state index in [4.69, 9.17) is 14.1 Å². The molecule has 0 fully saturated rings. The Labute approximate surface area is 211 Å². The molecule has 0 saturated heterocycles. The van der Waals surface area contributed by atoms with Gasteiger partial charge < -0.3 is 9.15 Å². The molecule has 0 unspecified atom stereocenters. The van der Waals surface area contributed by atoms with Crippen molar-refractivity contribution in [2.45, 2.75) is 58.5 Å². The van der Waals surface area contributed by atoms with Crippen LogP contribution in [-0.2, 0) is 25.8 Å². The summed E-state index contributed by atoms with van der Waals surface area (Å²) in [5.74, 6) is 2.45. The number of fused-ring (bicyclic) bond motifs is 3. The van der Waals surface area contributed by atoms with Crippen LogP contribution in [0.15, 0.2) is 59.0 Å². The van der Waals surface area contributed by atoms with Gasteiger partial charge in [-0.25, -0.2) is 4.98 Å². The predicted octanol–water partition coefficient (Wildman–Crippen LogP) is 7.14. The SMILES string of the molecule is CCOc1ccc(-c2nc(CN3CCc4c(sc5c4CCCC5)[C@H]3c3ccccc3)c(C)o2)cc1. The zero-order chi connectivity index (χ0) is 23.8. The number of nitrogens with zero attached hydrogens (tertiary/aromatic N) is 2. The maximum atomic E-state index is 6.14. The predicted molar refractivity (Wildman–Crippen MR) is 141 cm³/mol. The molecule has 35 heavy (non-hydrogen) atoms. The molecule has 0 bridgehead atoms. The Morgan fingerprint density at radius 3 is 2.60 bits per heavy atom. The third-order valence-corrected chi connectivity index (χ3v) is 8.73. The quantitative estimate of drug-likeness (QED) is 0.292. The smallest absolute Gasteiger partial charge is 0.226 e. The number of benzene rings is 2. The normalized spacial score (nSPS) is 17.7. The minimum Gasteiger partial charge on any atom is -0.494 e. The second-order valence-electron chi connectivity index (χ2n) is 9.57. The minimum atomic E-state index is 0.278. The second-order valence-corrected chi connectivity index (χ2v) is 10.7. The summed E-state index contributed by atoms with van der Waals surface area (Å²) in [5.41, 5.74) is 6.70. The first-order valence-electron chi connectivity index (χ1n) is 12.8. The van der Waals surface area contributed by atoms with Crippen LogP contribution >= 0.6 is 11.3 Å². The number of hydrogen-bond donors (Lipinski definition) is 0. The first-order valence-corrected chi connectivity index (χ1v) is 13.6. The number of thiophene rings is 1. The Morgan fingerprint density at radius 2 is 1.80 bits per heavy atom. The van der Waals surface area contributed by atoms with Crippen molar-refractivity contribution in [2.75, 3.05) is 13.2 Å². The summed E-state index contributed by atoms with van der Waals surface area (Å²) in [6.07, 6.45) is 6.31. The van der Waals surface area contributed by atoms with E-state index in [1.165, 1.54) is 31.2 Å². The van der Waals surface area contributed by atoms with Gasteiger partial charge in [-0.1, -0.05) is 30.3 Å². The van der Waals surface area contributed by atoms with Gasteiger partial charge in [0.25, 0.3) is 0 Å². The summed E-state index contributed by atoms with van der Waals surface area (Å²) in [4.78, 5) is 10.8. The van der Waals surface area contributed by atoms with Crippen molar-refractivity contribution < 1.29 is 9.15 Å². The molecule has 0 spiro atoms. The van der Waals surface area contributed by atoms with E-state index in [2.05, 4.69) is 46.6 Å². The van der Waals surface area contributed by atoms with Gasteiger partial charge in [-0.15, -0.1) is 11.3 Å². The first-order chi connectivity index (χ1) is 17.2. The number of aromatic nitrogens is 1. The Morgan fingerprint density at radius 1 is 1.00 bits per heavy atom. The van der Waals surface area contributed by atoms with Crippen LogP contribution in [0.2, 0.25) is 0 Å². The third kappa shape index (κ3) is 4.32. The van der Waals surface area contributed by atoms with Crippen molar-refractivity contribution in [1.29, 1.82) is 0 Å². The van der Waals surface area contributed by atoms with Gasteiger partial charge in [0.1, 0.15) is 11.5 Å². The Balaban J connectivity index is 1.32. The summed E-state index contributed by atoms with van der Waals surface area (Å²) in [6, 6.07) is 19.3. The van der Waals surface area contributed by atoms with Crippen molar-refractivity contribution in [3.8, 4) is 17.2 Å². The highest BCUT2D eigenvalue weighted by Crippen LogP contribution is 2.45. The Kier molecular flexibility index (Phi) is 6.21. The molecule has 2 aromatic carbocycles. The van der Waals surface area contributed by atoms with Gasteiger partial charge in [0.15, 0.2) is 0 Å². The van der Waals surface area contributed by atoms with E-state index >= 15 is 0 Å². The number of oxazole rings is 1. The molecule has 180 valence electrons. The lowest BCUT2D eigenvalue weighted by molar-refractivity contribution is 0.204. The number of ether oxygens (including phenoxy) is 1. The van der Waals surface area contributed by atoms with E-state index in [1.807, 2.05) is 38.1 Å². The van der Waals surface area contributed by atoms with Crippen LogP contribution in [-0.4, -0.2) is 23.0 Å². The largest absolute Gasteiger partial charge is 0.494 e. The zero-order valence-corrected chi connectivity index (χ0v) is 21.4. The molecule has 2 aliphatic rings. The molecule has 1 atom stereocenters. The van der Waals surface area contributed by atoms with Crippen molar-refractivity contribution in [1.82, 2.24) is 9.88 Å². The van der Waals surface area contributed by atoms with Crippen molar-refractivity contribution in [2.24, 2.45) is 0 Å². The fourth-order valence-electron chi connectivity index (χ4n) is 5.62. The maximum Gasteiger partial charge on any atom is 0.226 e. The van der Waals surface area contributed by atoms with E-state index in [9.17, 15) is 0 Å². The lowest BCUT2D eigenvalue weighted by Gasteiger charge is -2.36. The molecule has 0 N–H and O–H groups in total. The van der Waals surface area contributed by atoms with Crippen LogP contribution in [0.3, 0.4) is 0 Å². The van der Waals surface area contributed by atoms with E-state index in [-0.39, 0.29) is 6.04 Å². The van der Waals surface area contributed by atoms with Crippen molar-refractivity contribution in [3.05, 3.63) is 92.5 Å². The van der Waals surface area contributed by atoms with Crippen LogP contribution in [0.5, 0.6) is 5.75 Å². The maximum absolute atomic E-state index is 6.14. The van der Waals surface area contributed by atoms with E-state index in [0.29, 0.717) is 12.5 Å². The molecule has 1 aliphatic heterocycles. The molecule has 4 nitrogen and oxygen atoms in total. The monoisotopic (exact) mass is 484 g/mol. The highest BCUT2D eigenvalue weighted by atomic mass is 32.1. The first kappa shape index (κ1) is 22.6. The van der Waals surface area contributed by atoms with Crippen molar-refractivity contribution >= 4 is 11.3 Å². The van der Waals surface area contributed by atoms with Crippen LogP contribution in [0.4, 0.5) is 0 Å². The van der Waals surface area contributed by atoms with Crippen LogP contribution in [0, 0.1) is 6.92 Å². The molecular formula is C30H32N2O2S. The molecule has 6 rings (SSSR count). The van der Waals surface area contributed by atoms with Gasteiger partial charge in [-0.05, 0) is 86.9 Å². The van der Waals surface area contributed by atoms with Crippen LogP contribution in [0.1, 0.15) is 63.7 Å². The van der Waals surface area contributed by atoms with Crippen LogP contribution < -0.4 is 4.74 Å². The fourth-order valence-corrected chi connectivity index (χ4v) is 7.22. The molecule has 0 radical (unpaired) electrons. The lowest BCUT2D eigenvalue weighted by atomic mass is 9.88. The Bertz CT molecular complexity index is 1310. The number of hydrogen-bond acceptors (Lipinski definition) is 5. The summed E-state index contributed by atoms with van der Waals surface area (Å²) in [5, 5.41) is 0. The molecule has 2 aromatic heterocycles. The second kappa shape index (κ2) is 9.63. The third-order valence-electron chi connectivity index (χ3n) is 7.35. The van der Waals surface area contributed by atoms with Crippen molar-refractivity contribution in [3.63, 3.8) is 0 Å². The zero-order valence-electron chi connectivity index (χ0n) is 20.5. The van der Waals surface area contributed by atoms with Gasteiger partial charge in [0.2, 0.25) is 5.89 Å². The number of aryl methyl sites for hydroxylation is 2. The minimum absolute atomic E-state index is 0.278. The van der Waals surface area contributed by atoms with Gasteiger partial charge in [0.05, 0.1) is 18.3 Å². The van der Waals surface area contributed by atoms with E-state index in [0.717, 1.165) is 42.3 Å². The summed E-state index contributed by atoms with van der Waals surface area (Å²) < 4.78 is 11.7. The molecule has 1 aliphatic carbocycles. The Hall–Kier alpha value is -2.89. The topological polar surface area (TPSA) is 38.5 Å². The van der Waals surface area contributed by atoms with Gasteiger partial charge in [-0.3, -0.25) is 4.90 Å². The summed E-state index contributed by atoms with van der Waals surface area (Å²) in [6.45, 7) is 6.52. The lowest BCUT2D eigenvalue weighted by Crippen LogP contribution is -2.35. The molecule has 0 saturated carbocycles. The summed E-state index contributed by atoms with van der Waals surface area (Å²) in [7, 11) is 0. The van der Waals surface area contributed by atoms with E-state index < -0.39 is 0 Å². The summed E-state index contributed by atoms with van der Waals surface area (Å²) >= 11 is 2.07. The molecule has 4 aromatic rings. The van der Waals surface area contributed by atoms with E-state index in [1.54, 1.807) is 20.9 Å². The molecule has 5 heteroatoms. The molecule has 3 heterocycles. The number of rotatable bonds is 6. The molecule has 0 amide bonds. The van der Waals surface area contributed by atoms with Gasteiger partial charge >= 0.3 is 0 Å². The average Bonchev–Trinajstić information content (AvgIpc) is 3.45. The van der Waals surface area contributed by atoms with Crippen LogP contribution in [0.25, 0.3) is 11.5 Å². The highest BCUT2D eigenvalue weighted by molar-refractivity contribution is 7.12. The van der Waals surface area contributed by atoms with Gasteiger partial charge in [-0.2, -0.15) is 0 Å². The average molecular weight is 485 g/mol. The molecular weight excluding hydrogens is 452 g/mol. The fraction of sp³-hybridized carbons (Fsp3) is 0.367.